The fraction of sp³-hybridized carbons (Fsp3) is 0.700. The minimum atomic E-state index is -0.955. The predicted octanol–water partition coefficient (Wildman–Crippen LogP) is -0.802. The molecule has 2 aliphatic heterocycles. The molecule has 6 nitrogen and oxygen atoms in total. The summed E-state index contributed by atoms with van der Waals surface area (Å²) < 4.78 is 0. The van der Waals surface area contributed by atoms with Gasteiger partial charge >= 0.3 is 5.97 Å². The molecule has 2 heterocycles. The molecule has 0 spiro atoms. The number of rotatable bonds is 2. The maximum absolute atomic E-state index is 12.0. The van der Waals surface area contributed by atoms with Gasteiger partial charge in [0.25, 0.3) is 0 Å². The zero-order valence-corrected chi connectivity index (χ0v) is 8.81. The minimum absolute atomic E-state index is 0.135. The lowest BCUT2D eigenvalue weighted by Crippen LogP contribution is -2.43. The van der Waals surface area contributed by atoms with E-state index in [1.807, 2.05) is 0 Å². The van der Waals surface area contributed by atoms with Gasteiger partial charge < -0.3 is 15.3 Å². The van der Waals surface area contributed by atoms with Crippen LogP contribution in [0.3, 0.4) is 0 Å². The molecule has 2 rings (SSSR count). The van der Waals surface area contributed by atoms with Crippen LogP contribution in [0.15, 0.2) is 0 Å². The van der Waals surface area contributed by atoms with E-state index in [0.29, 0.717) is 19.5 Å². The molecule has 6 heteroatoms. The number of aliphatic carboxylic acids is 1. The Balaban J connectivity index is 2.03. The van der Waals surface area contributed by atoms with Gasteiger partial charge in [0.05, 0.1) is 5.92 Å². The third-order valence-electron chi connectivity index (χ3n) is 3.15. The summed E-state index contributed by atoms with van der Waals surface area (Å²) in [6.45, 7) is 0.820. The van der Waals surface area contributed by atoms with Crippen LogP contribution in [-0.2, 0) is 14.4 Å². The molecule has 1 unspecified atom stereocenters. The van der Waals surface area contributed by atoms with Crippen LogP contribution >= 0.6 is 0 Å². The maximum atomic E-state index is 12.0. The van der Waals surface area contributed by atoms with Crippen molar-refractivity contribution in [3.05, 3.63) is 0 Å². The first-order valence-corrected chi connectivity index (χ1v) is 5.39. The molecule has 0 aliphatic carbocycles. The second-order valence-electron chi connectivity index (χ2n) is 4.23. The highest BCUT2D eigenvalue weighted by atomic mass is 16.4. The molecule has 0 saturated carbocycles. The standard InChI is InChI=1S/C10H14N2O4/c13-8-4-6(5-11-8)9(14)12-3-1-2-7(12)10(15)16/h6-7H,1-5H2,(H,11,13)(H,15,16)/t6?,7-/m1/s1. The summed E-state index contributed by atoms with van der Waals surface area (Å²) in [6.07, 6.45) is 1.41. The highest BCUT2D eigenvalue weighted by Gasteiger charge is 2.39. The van der Waals surface area contributed by atoms with Gasteiger partial charge in [-0.2, -0.15) is 0 Å². The lowest BCUT2D eigenvalue weighted by atomic mass is 10.1. The van der Waals surface area contributed by atoms with Crippen molar-refractivity contribution in [1.82, 2.24) is 10.2 Å². The lowest BCUT2D eigenvalue weighted by Gasteiger charge is -2.23. The Bertz CT molecular complexity index is 342. The van der Waals surface area contributed by atoms with Gasteiger partial charge in [-0.15, -0.1) is 0 Å². The molecule has 2 fully saturated rings. The molecule has 0 aromatic heterocycles. The third-order valence-corrected chi connectivity index (χ3v) is 3.15. The van der Waals surface area contributed by atoms with Crippen LogP contribution in [0.5, 0.6) is 0 Å². The summed E-state index contributed by atoms with van der Waals surface area (Å²) in [5.41, 5.74) is 0. The molecule has 0 radical (unpaired) electrons. The van der Waals surface area contributed by atoms with Crippen LogP contribution in [0.2, 0.25) is 0 Å². The zero-order valence-electron chi connectivity index (χ0n) is 8.81. The molecule has 0 aromatic carbocycles. The molecule has 16 heavy (non-hydrogen) atoms. The fourth-order valence-electron chi connectivity index (χ4n) is 2.30. The average molecular weight is 226 g/mol. The van der Waals surface area contributed by atoms with Gasteiger partial charge in [0.2, 0.25) is 11.8 Å². The van der Waals surface area contributed by atoms with Crippen molar-refractivity contribution < 1.29 is 19.5 Å². The lowest BCUT2D eigenvalue weighted by molar-refractivity contribution is -0.149. The monoisotopic (exact) mass is 226 g/mol. The quantitative estimate of drug-likeness (QED) is 0.645. The number of nitrogens with one attached hydrogen (secondary N) is 1. The number of carbonyl (C=O) groups excluding carboxylic acids is 2. The molecular weight excluding hydrogens is 212 g/mol. The molecule has 2 amide bonds. The number of nitrogens with zero attached hydrogens (tertiary/aromatic N) is 1. The van der Waals surface area contributed by atoms with Crippen molar-refractivity contribution in [1.29, 1.82) is 0 Å². The van der Waals surface area contributed by atoms with Gasteiger partial charge in [-0.1, -0.05) is 0 Å². The molecule has 2 saturated heterocycles. The average Bonchev–Trinajstić information content (AvgIpc) is 2.84. The molecular formula is C10H14N2O4. The van der Waals surface area contributed by atoms with E-state index >= 15 is 0 Å². The van der Waals surface area contributed by atoms with Crippen molar-refractivity contribution in [2.45, 2.75) is 25.3 Å². The first-order valence-electron chi connectivity index (χ1n) is 5.39. The highest BCUT2D eigenvalue weighted by molar-refractivity contribution is 5.91. The SMILES string of the molecule is O=C1CC(C(=O)N2CCC[C@@H]2C(=O)O)CN1. The Hall–Kier alpha value is -1.59. The second kappa shape index (κ2) is 4.11. The van der Waals surface area contributed by atoms with Gasteiger partial charge in [-0.3, -0.25) is 9.59 Å². The largest absolute Gasteiger partial charge is 0.480 e. The maximum Gasteiger partial charge on any atom is 0.326 e. The van der Waals surface area contributed by atoms with E-state index in [-0.39, 0.29) is 24.2 Å². The van der Waals surface area contributed by atoms with Crippen LogP contribution in [-0.4, -0.2) is 46.9 Å². The van der Waals surface area contributed by atoms with Gasteiger partial charge in [0.1, 0.15) is 6.04 Å². The predicted molar refractivity (Wildman–Crippen MR) is 53.5 cm³/mol. The van der Waals surface area contributed by atoms with E-state index in [4.69, 9.17) is 5.11 Å². The summed E-state index contributed by atoms with van der Waals surface area (Å²) in [4.78, 5) is 35.3. The van der Waals surface area contributed by atoms with E-state index < -0.39 is 12.0 Å². The molecule has 2 atom stereocenters. The molecule has 0 bridgehead atoms. The van der Waals surface area contributed by atoms with E-state index in [2.05, 4.69) is 5.32 Å². The summed E-state index contributed by atoms with van der Waals surface area (Å²) in [5.74, 6) is -1.68. The number of hydrogen-bond donors (Lipinski definition) is 2. The molecule has 2 aliphatic rings. The number of amides is 2. The van der Waals surface area contributed by atoms with Gasteiger partial charge in [0, 0.05) is 19.5 Å². The van der Waals surface area contributed by atoms with Gasteiger partial charge in [-0.25, -0.2) is 4.79 Å². The first-order chi connectivity index (χ1) is 7.59. The molecule has 0 aromatic rings. The van der Waals surface area contributed by atoms with Crippen molar-refractivity contribution in [3.63, 3.8) is 0 Å². The Kier molecular flexibility index (Phi) is 2.80. The highest BCUT2D eigenvalue weighted by Crippen LogP contribution is 2.22. The normalized spacial score (nSPS) is 29.2. The van der Waals surface area contributed by atoms with E-state index in [0.717, 1.165) is 6.42 Å². The molecule has 2 N–H and O–H groups in total. The van der Waals surface area contributed by atoms with E-state index in [1.165, 1.54) is 4.90 Å². The number of carboxylic acids is 1. The van der Waals surface area contributed by atoms with Crippen LogP contribution in [0, 0.1) is 5.92 Å². The Morgan fingerprint density at radius 3 is 2.75 bits per heavy atom. The van der Waals surface area contributed by atoms with Crippen LogP contribution < -0.4 is 5.32 Å². The van der Waals surface area contributed by atoms with Crippen LogP contribution in [0.25, 0.3) is 0 Å². The summed E-state index contributed by atoms with van der Waals surface area (Å²) in [5, 5.41) is 11.5. The number of hydrogen-bond acceptors (Lipinski definition) is 3. The zero-order chi connectivity index (χ0) is 11.7. The van der Waals surface area contributed by atoms with Gasteiger partial charge in [-0.05, 0) is 12.8 Å². The fourth-order valence-corrected chi connectivity index (χ4v) is 2.30. The summed E-state index contributed by atoms with van der Waals surface area (Å²) in [6, 6.07) is -0.705. The molecule has 88 valence electrons. The minimum Gasteiger partial charge on any atom is -0.480 e. The van der Waals surface area contributed by atoms with E-state index in [1.54, 1.807) is 0 Å². The number of carboxylic acid groups (broad SMARTS) is 1. The third kappa shape index (κ3) is 1.87. The Morgan fingerprint density at radius 1 is 1.44 bits per heavy atom. The summed E-state index contributed by atoms with van der Waals surface area (Å²) in [7, 11) is 0. The van der Waals surface area contributed by atoms with E-state index in [9.17, 15) is 14.4 Å². The van der Waals surface area contributed by atoms with Crippen LogP contribution in [0.4, 0.5) is 0 Å². The second-order valence-corrected chi connectivity index (χ2v) is 4.23. The Morgan fingerprint density at radius 2 is 2.19 bits per heavy atom. The van der Waals surface area contributed by atoms with Crippen molar-refractivity contribution in [3.8, 4) is 0 Å². The van der Waals surface area contributed by atoms with Gasteiger partial charge in [0.15, 0.2) is 0 Å². The number of likely N-dealkylation sites (tertiary alicyclic amines) is 1. The van der Waals surface area contributed by atoms with Crippen molar-refractivity contribution in [2.75, 3.05) is 13.1 Å². The topological polar surface area (TPSA) is 86.7 Å². The van der Waals surface area contributed by atoms with Crippen molar-refractivity contribution >= 4 is 17.8 Å². The Labute approximate surface area is 92.6 Å². The van der Waals surface area contributed by atoms with Crippen LogP contribution in [0.1, 0.15) is 19.3 Å². The van der Waals surface area contributed by atoms with Crippen molar-refractivity contribution in [2.24, 2.45) is 5.92 Å². The number of carbonyl (C=O) groups is 3. The smallest absolute Gasteiger partial charge is 0.326 e. The first kappa shape index (κ1) is 10.9. The summed E-state index contributed by atoms with van der Waals surface area (Å²) >= 11 is 0.